The zero-order valence-electron chi connectivity index (χ0n) is 23.5. The molecule has 226 valence electrons. The molecule has 5 aliphatic heterocycles. The van der Waals surface area contributed by atoms with Crippen LogP contribution in [0.1, 0.15) is 59.1 Å². The average molecular weight is 625 g/mol. The highest BCUT2D eigenvalue weighted by atomic mass is 32.2. The number of benzene rings is 3. The van der Waals surface area contributed by atoms with Crippen LogP contribution in [0.3, 0.4) is 0 Å². The third-order valence-corrected chi connectivity index (χ3v) is 11.2. The van der Waals surface area contributed by atoms with Crippen molar-refractivity contribution in [2.24, 2.45) is 0 Å². The fraction of sp³-hybridized carbons (Fsp3) is 0.387. The first kappa shape index (κ1) is 28.5. The molecular weight excluding hydrogens is 592 g/mol. The molecule has 5 aliphatic rings. The first-order valence-electron chi connectivity index (χ1n) is 14.6. The highest BCUT2D eigenvalue weighted by Gasteiger charge is 2.36. The Balaban J connectivity index is 0.00000300. The van der Waals surface area contributed by atoms with Gasteiger partial charge in [0.1, 0.15) is 34.7 Å². The van der Waals surface area contributed by atoms with Gasteiger partial charge in [-0.3, -0.25) is 4.55 Å². The summed E-state index contributed by atoms with van der Waals surface area (Å²) in [6.45, 7) is 3.93. The molecular formula is C31H32N2O8S2. The van der Waals surface area contributed by atoms with Crippen molar-refractivity contribution < 1.29 is 36.2 Å². The van der Waals surface area contributed by atoms with Crippen molar-refractivity contribution >= 4 is 31.5 Å². The van der Waals surface area contributed by atoms with E-state index < -0.39 is 30.0 Å². The zero-order valence-corrected chi connectivity index (χ0v) is 25.1. The quantitative estimate of drug-likeness (QED) is 0.265. The van der Waals surface area contributed by atoms with Crippen LogP contribution < -0.4 is 24.8 Å². The molecule has 0 spiro atoms. The van der Waals surface area contributed by atoms with Gasteiger partial charge in [-0.2, -0.15) is 8.42 Å². The summed E-state index contributed by atoms with van der Waals surface area (Å²) in [5.41, 5.74) is 7.17. The Bertz CT molecular complexity index is 2080. The van der Waals surface area contributed by atoms with Crippen LogP contribution in [0.2, 0.25) is 0 Å². The largest absolute Gasteiger partial charge is 0.744 e. The number of rotatable bonds is 3. The van der Waals surface area contributed by atoms with Crippen molar-refractivity contribution in [3.05, 3.63) is 74.3 Å². The Morgan fingerprint density at radius 3 is 2.26 bits per heavy atom. The molecule has 0 amide bonds. The maximum absolute atomic E-state index is 12.7. The summed E-state index contributed by atoms with van der Waals surface area (Å²) in [7, 11) is -9.88. The highest BCUT2D eigenvalue weighted by Crippen LogP contribution is 2.49. The van der Waals surface area contributed by atoms with Gasteiger partial charge in [0.25, 0.3) is 10.1 Å². The molecule has 0 atom stereocenters. The zero-order chi connectivity index (χ0) is 29.0. The van der Waals surface area contributed by atoms with E-state index in [1.807, 2.05) is 0 Å². The van der Waals surface area contributed by atoms with Crippen LogP contribution in [0.25, 0.3) is 5.57 Å². The Morgan fingerprint density at radius 2 is 1.51 bits per heavy atom. The second kappa shape index (κ2) is 9.86. The maximum atomic E-state index is 12.7. The Hall–Kier alpha value is -3.29. The van der Waals surface area contributed by atoms with Gasteiger partial charge >= 0.3 is 0 Å². The standard InChI is InChI=1S/C31H30N2O7S2.H2O/c34-41(35,36)20-9-10-21(26(17-20)42(37,38)39)27-24-15-18-5-1-11-32-13-3-7-22(28(18)32)30(24)40-31-23-8-4-14-33-12-2-6-19(29(23)33)16-25(27)31;/h9-10,15-17H,1-8,11-14H2,(H-,34,35,36,37,38,39);1H2. The summed E-state index contributed by atoms with van der Waals surface area (Å²) < 4.78 is 81.2. The molecule has 0 unspecified atom stereocenters. The summed E-state index contributed by atoms with van der Waals surface area (Å²) in [5, 5.41) is 1.93. The molecule has 0 radical (unpaired) electrons. The second-order valence-corrected chi connectivity index (χ2v) is 14.7. The molecule has 3 aromatic carbocycles. The molecule has 43 heavy (non-hydrogen) atoms. The van der Waals surface area contributed by atoms with E-state index in [0.29, 0.717) is 17.1 Å². The number of nitrogens with zero attached hydrogens (tertiary/aromatic N) is 2. The lowest BCUT2D eigenvalue weighted by Crippen LogP contribution is -2.45. The van der Waals surface area contributed by atoms with E-state index >= 15 is 0 Å². The van der Waals surface area contributed by atoms with Crippen LogP contribution in [0, 0.1) is 0 Å². The van der Waals surface area contributed by atoms with E-state index in [4.69, 9.17) is 4.74 Å². The van der Waals surface area contributed by atoms with Crippen molar-refractivity contribution in [1.82, 2.24) is 4.58 Å². The van der Waals surface area contributed by atoms with Crippen LogP contribution in [-0.4, -0.2) is 57.6 Å². The van der Waals surface area contributed by atoms with Gasteiger partial charge in [-0.05, 0) is 68.4 Å². The summed E-state index contributed by atoms with van der Waals surface area (Å²) in [5.74, 6) is 1.39. The topological polar surface area (TPSA) is 159 Å². The van der Waals surface area contributed by atoms with Crippen molar-refractivity contribution in [3.8, 4) is 11.5 Å². The van der Waals surface area contributed by atoms with Gasteiger partial charge in [-0.1, -0.05) is 6.07 Å². The number of aryl methyl sites for hydroxylation is 2. The third kappa shape index (κ3) is 4.33. The summed E-state index contributed by atoms with van der Waals surface area (Å²) in [6, 6.07) is 7.45. The molecule has 0 aromatic heterocycles. The van der Waals surface area contributed by atoms with Gasteiger partial charge in [0.15, 0.2) is 0 Å². The van der Waals surface area contributed by atoms with Gasteiger partial charge in [0, 0.05) is 64.7 Å². The smallest absolute Gasteiger partial charge is 0.294 e. The lowest BCUT2D eigenvalue weighted by Gasteiger charge is -2.39. The Morgan fingerprint density at radius 1 is 0.814 bits per heavy atom. The predicted molar refractivity (Wildman–Crippen MR) is 158 cm³/mol. The first-order valence-corrected chi connectivity index (χ1v) is 17.4. The summed E-state index contributed by atoms with van der Waals surface area (Å²) >= 11 is 0. The summed E-state index contributed by atoms with van der Waals surface area (Å²) in [6.07, 6.45) is 7.38. The van der Waals surface area contributed by atoms with Crippen LogP contribution in [0.5, 0.6) is 11.5 Å². The van der Waals surface area contributed by atoms with Crippen molar-refractivity contribution in [1.29, 1.82) is 0 Å². The van der Waals surface area contributed by atoms with Gasteiger partial charge in [0.2, 0.25) is 5.36 Å². The Kier molecular flexibility index (Phi) is 6.53. The molecule has 8 rings (SSSR count). The van der Waals surface area contributed by atoms with E-state index in [1.54, 1.807) is 0 Å². The van der Waals surface area contributed by atoms with Crippen molar-refractivity contribution in [2.75, 3.05) is 31.1 Å². The third-order valence-electron chi connectivity index (χ3n) is 9.48. The van der Waals surface area contributed by atoms with Gasteiger partial charge in [0.05, 0.1) is 15.4 Å². The van der Waals surface area contributed by atoms with Gasteiger partial charge in [-0.25, -0.2) is 13.0 Å². The normalized spacial score (nSPS) is 18.5. The average Bonchev–Trinajstić information content (AvgIpc) is 2.96. The first-order chi connectivity index (χ1) is 20.1. The minimum Gasteiger partial charge on any atom is -0.744 e. The molecule has 5 heterocycles. The number of ether oxygens (including phenoxy) is 1. The SMILES string of the molecule is O.O=S(=O)([O-])c1cc(S(=O)(=O)O)ccc1C1=c2cc3c4c(c2Oc2c1cc1c5c2CCCN5CCC1)CCC[N+]=4CCC3. The van der Waals surface area contributed by atoms with Crippen LogP contribution in [0.15, 0.2) is 40.1 Å². The van der Waals surface area contributed by atoms with Crippen LogP contribution >= 0.6 is 0 Å². The van der Waals surface area contributed by atoms with Gasteiger partial charge < -0.3 is 19.7 Å². The fourth-order valence-electron chi connectivity index (χ4n) is 7.88. The van der Waals surface area contributed by atoms with Crippen LogP contribution in [-0.2, 0) is 45.9 Å². The molecule has 0 bridgehead atoms. The lowest BCUT2D eigenvalue weighted by atomic mass is 9.82. The molecule has 10 nitrogen and oxygen atoms in total. The fourth-order valence-corrected chi connectivity index (χ4v) is 9.17. The molecule has 12 heteroatoms. The number of fused-ring (bicyclic) bond motifs is 4. The minimum atomic E-state index is -5.14. The highest BCUT2D eigenvalue weighted by molar-refractivity contribution is 7.86. The number of hydrogen-bond donors (Lipinski definition) is 1. The minimum absolute atomic E-state index is 0. The van der Waals surface area contributed by atoms with E-state index in [0.717, 1.165) is 112 Å². The molecule has 0 saturated heterocycles. The second-order valence-electron chi connectivity index (χ2n) is 11.9. The van der Waals surface area contributed by atoms with Crippen LogP contribution in [0.4, 0.5) is 5.69 Å². The van der Waals surface area contributed by atoms with Crippen molar-refractivity contribution in [2.45, 2.75) is 61.2 Å². The Labute approximate surface area is 249 Å². The van der Waals surface area contributed by atoms with Gasteiger partial charge in [-0.15, -0.1) is 0 Å². The van der Waals surface area contributed by atoms with E-state index in [-0.39, 0.29) is 11.0 Å². The molecule has 0 saturated carbocycles. The number of hydrogen-bond acceptors (Lipinski definition) is 7. The number of anilines is 1. The molecule has 3 aromatic rings. The maximum Gasteiger partial charge on any atom is 0.294 e. The molecule has 3 N–H and O–H groups in total. The lowest BCUT2D eigenvalue weighted by molar-refractivity contribution is 0.431. The predicted octanol–water partition coefficient (Wildman–Crippen LogP) is 1.45. The molecule has 0 aliphatic carbocycles. The molecule has 0 fully saturated rings. The monoisotopic (exact) mass is 624 g/mol. The summed E-state index contributed by atoms with van der Waals surface area (Å²) in [4.78, 5) is 1.11. The van der Waals surface area contributed by atoms with Crippen molar-refractivity contribution in [3.63, 3.8) is 0 Å². The van der Waals surface area contributed by atoms with E-state index in [1.165, 1.54) is 28.2 Å². The van der Waals surface area contributed by atoms with E-state index in [2.05, 4.69) is 21.6 Å². The van der Waals surface area contributed by atoms with E-state index in [9.17, 15) is 25.9 Å².